The van der Waals surface area contributed by atoms with E-state index in [2.05, 4.69) is 5.32 Å². The quantitative estimate of drug-likeness (QED) is 0.693. The number of alkyl halides is 2. The zero-order valence-corrected chi connectivity index (χ0v) is 14.7. The van der Waals surface area contributed by atoms with Gasteiger partial charge in [-0.15, -0.1) is 0 Å². The zero-order chi connectivity index (χ0) is 18.2. The number of ether oxygens (including phenoxy) is 2. The van der Waals surface area contributed by atoms with Crippen molar-refractivity contribution in [2.45, 2.75) is 23.5 Å². The van der Waals surface area contributed by atoms with Crippen molar-refractivity contribution in [1.29, 1.82) is 0 Å². The number of carbonyl (C=O) groups excluding carboxylic acids is 1. The molecule has 0 aliphatic rings. The number of thioether (sulfide) groups is 1. The smallest absolute Gasteiger partial charge is 0.288 e. The molecule has 0 fully saturated rings. The highest BCUT2D eigenvalue weighted by Gasteiger charge is 2.09. The van der Waals surface area contributed by atoms with Crippen LogP contribution in [0.25, 0.3) is 0 Å². The Morgan fingerprint density at radius 3 is 2.44 bits per heavy atom. The average molecular weight is 367 g/mol. The van der Waals surface area contributed by atoms with Gasteiger partial charge in [0.25, 0.3) is 5.76 Å². The molecule has 1 N–H and O–H groups in total. The number of aryl methyl sites for hydroxylation is 1. The first-order chi connectivity index (χ1) is 12.0. The zero-order valence-electron chi connectivity index (χ0n) is 13.9. The minimum Gasteiger partial charge on any atom is -0.497 e. The number of hydrogen-bond acceptors (Lipinski definition) is 4. The van der Waals surface area contributed by atoms with E-state index in [1.807, 2.05) is 6.07 Å². The number of nitrogens with one attached hydrogen (secondary N) is 1. The van der Waals surface area contributed by atoms with Crippen molar-refractivity contribution in [1.82, 2.24) is 0 Å². The Hall–Kier alpha value is -2.28. The summed E-state index contributed by atoms with van der Waals surface area (Å²) in [5, 5.41) is 2.75. The highest BCUT2D eigenvalue weighted by Crippen LogP contribution is 2.27. The molecule has 0 aliphatic heterocycles. The molecule has 7 heteroatoms. The van der Waals surface area contributed by atoms with E-state index < -0.39 is 5.76 Å². The van der Waals surface area contributed by atoms with Crippen molar-refractivity contribution in [3.8, 4) is 11.5 Å². The second-order valence-electron chi connectivity index (χ2n) is 5.13. The van der Waals surface area contributed by atoms with Crippen molar-refractivity contribution < 1.29 is 23.0 Å². The third-order valence-electron chi connectivity index (χ3n) is 3.47. The third kappa shape index (κ3) is 5.94. The number of methoxy groups -OCH3 is 2. The molecule has 2 rings (SSSR count). The summed E-state index contributed by atoms with van der Waals surface area (Å²) in [7, 11) is 3.15. The van der Waals surface area contributed by atoms with Crippen LogP contribution >= 0.6 is 11.8 Å². The lowest BCUT2D eigenvalue weighted by Gasteiger charge is -2.11. The summed E-state index contributed by atoms with van der Waals surface area (Å²) >= 11 is 0.469. The van der Waals surface area contributed by atoms with Gasteiger partial charge in [0.1, 0.15) is 11.5 Å². The first kappa shape index (κ1) is 19.1. The monoisotopic (exact) mass is 367 g/mol. The Balaban J connectivity index is 1.92. The molecular formula is C18H19F2NO3S. The average Bonchev–Trinajstić information content (AvgIpc) is 2.61. The Morgan fingerprint density at radius 1 is 1.12 bits per heavy atom. The molecule has 2 aromatic rings. The fourth-order valence-corrected chi connectivity index (χ4v) is 2.77. The molecule has 0 saturated heterocycles. The number of amides is 1. The predicted octanol–water partition coefficient (Wildman–Crippen LogP) is 4.59. The lowest BCUT2D eigenvalue weighted by atomic mass is 10.1. The molecule has 1 amide bonds. The van der Waals surface area contributed by atoms with Gasteiger partial charge in [0.15, 0.2) is 0 Å². The van der Waals surface area contributed by atoms with Crippen LogP contribution in [0.5, 0.6) is 11.5 Å². The molecule has 0 aliphatic carbocycles. The molecule has 25 heavy (non-hydrogen) atoms. The predicted molar refractivity (Wildman–Crippen MR) is 94.8 cm³/mol. The third-order valence-corrected chi connectivity index (χ3v) is 4.19. The van der Waals surface area contributed by atoms with E-state index in [0.29, 0.717) is 40.3 Å². The molecule has 0 atom stereocenters. The first-order valence-corrected chi connectivity index (χ1v) is 8.45. The van der Waals surface area contributed by atoms with Gasteiger partial charge in [-0.1, -0.05) is 11.8 Å². The largest absolute Gasteiger partial charge is 0.497 e. The van der Waals surface area contributed by atoms with E-state index in [1.54, 1.807) is 50.6 Å². The fraction of sp³-hybridized carbons (Fsp3) is 0.278. The van der Waals surface area contributed by atoms with Crippen molar-refractivity contribution in [3.05, 3.63) is 48.0 Å². The van der Waals surface area contributed by atoms with E-state index in [-0.39, 0.29) is 12.3 Å². The van der Waals surface area contributed by atoms with Gasteiger partial charge in [-0.05, 0) is 54.4 Å². The SMILES string of the molecule is COc1ccc(OC)c(CCC(=O)Nc2ccc(SC(F)F)cc2)c1. The van der Waals surface area contributed by atoms with Crippen LogP contribution in [-0.4, -0.2) is 25.9 Å². The van der Waals surface area contributed by atoms with Crippen LogP contribution in [0.1, 0.15) is 12.0 Å². The Kier molecular flexibility index (Phi) is 7.06. The van der Waals surface area contributed by atoms with Crippen LogP contribution in [0.2, 0.25) is 0 Å². The highest BCUT2D eigenvalue weighted by molar-refractivity contribution is 7.99. The number of halogens is 2. The van der Waals surface area contributed by atoms with E-state index in [9.17, 15) is 13.6 Å². The Morgan fingerprint density at radius 2 is 1.84 bits per heavy atom. The van der Waals surface area contributed by atoms with Gasteiger partial charge in [-0.3, -0.25) is 4.79 Å². The Bertz CT molecular complexity index is 708. The first-order valence-electron chi connectivity index (χ1n) is 7.57. The van der Waals surface area contributed by atoms with Gasteiger partial charge < -0.3 is 14.8 Å². The minimum atomic E-state index is -2.46. The number of rotatable bonds is 8. The maximum Gasteiger partial charge on any atom is 0.288 e. The van der Waals surface area contributed by atoms with Crippen LogP contribution < -0.4 is 14.8 Å². The standard InChI is InChI=1S/C18H19F2NO3S/c1-23-14-6-9-16(24-2)12(11-14)3-10-17(22)21-13-4-7-15(8-5-13)25-18(19)20/h4-9,11,18H,3,10H2,1-2H3,(H,21,22). The van der Waals surface area contributed by atoms with Gasteiger partial charge in [0.2, 0.25) is 5.91 Å². The van der Waals surface area contributed by atoms with Crippen molar-refractivity contribution in [3.63, 3.8) is 0 Å². The summed E-state index contributed by atoms with van der Waals surface area (Å²) in [5.74, 6) is -1.23. The van der Waals surface area contributed by atoms with Crippen molar-refractivity contribution in [2.75, 3.05) is 19.5 Å². The Labute approximate surface area is 149 Å². The number of hydrogen-bond donors (Lipinski definition) is 1. The van der Waals surface area contributed by atoms with E-state index in [4.69, 9.17) is 9.47 Å². The fourth-order valence-electron chi connectivity index (χ4n) is 2.27. The van der Waals surface area contributed by atoms with Crippen molar-refractivity contribution in [2.24, 2.45) is 0 Å². The van der Waals surface area contributed by atoms with Crippen molar-refractivity contribution >= 4 is 23.4 Å². The van der Waals surface area contributed by atoms with Crippen LogP contribution in [0, 0.1) is 0 Å². The molecule has 0 heterocycles. The molecule has 4 nitrogen and oxygen atoms in total. The molecule has 134 valence electrons. The number of carbonyl (C=O) groups is 1. The molecule has 0 spiro atoms. The molecule has 0 aromatic heterocycles. The summed E-state index contributed by atoms with van der Waals surface area (Å²) in [5.41, 5.74) is 1.45. The lowest BCUT2D eigenvalue weighted by molar-refractivity contribution is -0.116. The molecule has 0 bridgehead atoms. The molecule has 0 radical (unpaired) electrons. The lowest BCUT2D eigenvalue weighted by Crippen LogP contribution is -2.12. The van der Waals surface area contributed by atoms with Gasteiger partial charge >= 0.3 is 0 Å². The van der Waals surface area contributed by atoms with E-state index >= 15 is 0 Å². The summed E-state index contributed by atoms with van der Waals surface area (Å²) in [6.07, 6.45) is 0.753. The summed E-state index contributed by atoms with van der Waals surface area (Å²) in [6.45, 7) is 0. The highest BCUT2D eigenvalue weighted by atomic mass is 32.2. The second kappa shape index (κ2) is 9.27. The number of benzene rings is 2. The minimum absolute atomic E-state index is 0.167. The van der Waals surface area contributed by atoms with E-state index in [1.165, 1.54) is 0 Å². The molecule has 2 aromatic carbocycles. The van der Waals surface area contributed by atoms with Gasteiger partial charge in [-0.25, -0.2) is 0 Å². The van der Waals surface area contributed by atoms with Gasteiger partial charge in [-0.2, -0.15) is 8.78 Å². The summed E-state index contributed by atoms with van der Waals surface area (Å²) in [4.78, 5) is 12.5. The summed E-state index contributed by atoms with van der Waals surface area (Å²) in [6, 6.07) is 11.7. The summed E-state index contributed by atoms with van der Waals surface area (Å²) < 4.78 is 35.0. The molecule has 0 saturated carbocycles. The maximum absolute atomic E-state index is 12.3. The van der Waals surface area contributed by atoms with Crippen LogP contribution in [-0.2, 0) is 11.2 Å². The van der Waals surface area contributed by atoms with Gasteiger partial charge in [0.05, 0.1) is 14.2 Å². The number of anilines is 1. The van der Waals surface area contributed by atoms with Crippen LogP contribution in [0.4, 0.5) is 14.5 Å². The normalized spacial score (nSPS) is 10.6. The van der Waals surface area contributed by atoms with Crippen LogP contribution in [0.15, 0.2) is 47.4 Å². The van der Waals surface area contributed by atoms with Crippen LogP contribution in [0.3, 0.4) is 0 Å². The molecular weight excluding hydrogens is 348 g/mol. The molecule has 0 unspecified atom stereocenters. The van der Waals surface area contributed by atoms with E-state index in [0.717, 1.165) is 5.56 Å². The maximum atomic E-state index is 12.3. The second-order valence-corrected chi connectivity index (χ2v) is 6.19. The topological polar surface area (TPSA) is 47.6 Å². The van der Waals surface area contributed by atoms with Gasteiger partial charge in [0, 0.05) is 17.0 Å².